The van der Waals surface area contributed by atoms with Crippen molar-refractivity contribution in [1.29, 1.82) is 0 Å². The SMILES string of the molecule is CCCc1cccc(C(C)C)c1N1C(=O)c2cccc3c(OCO)ccc(c23)C1=O. The first-order valence-electron chi connectivity index (χ1n) is 10.3. The molecule has 0 bridgehead atoms. The van der Waals surface area contributed by atoms with E-state index in [1.54, 1.807) is 30.3 Å². The summed E-state index contributed by atoms with van der Waals surface area (Å²) in [4.78, 5) is 28.6. The van der Waals surface area contributed by atoms with Crippen molar-refractivity contribution in [3.05, 3.63) is 70.8 Å². The van der Waals surface area contributed by atoms with Crippen LogP contribution in [0.5, 0.6) is 5.75 Å². The molecular formula is C25H25NO4. The highest BCUT2D eigenvalue weighted by Gasteiger charge is 2.36. The van der Waals surface area contributed by atoms with E-state index in [1.807, 2.05) is 18.2 Å². The summed E-state index contributed by atoms with van der Waals surface area (Å²) in [5.74, 6) is -0.0502. The molecule has 5 nitrogen and oxygen atoms in total. The number of aryl methyl sites for hydroxylation is 1. The summed E-state index contributed by atoms with van der Waals surface area (Å²) < 4.78 is 5.30. The van der Waals surface area contributed by atoms with Crippen molar-refractivity contribution in [1.82, 2.24) is 0 Å². The highest BCUT2D eigenvalue weighted by molar-refractivity contribution is 6.36. The zero-order chi connectivity index (χ0) is 21.4. The van der Waals surface area contributed by atoms with Crippen LogP contribution >= 0.6 is 0 Å². The van der Waals surface area contributed by atoms with Gasteiger partial charge in [-0.25, -0.2) is 4.90 Å². The van der Waals surface area contributed by atoms with Gasteiger partial charge in [-0.1, -0.05) is 57.5 Å². The van der Waals surface area contributed by atoms with E-state index in [1.165, 1.54) is 4.90 Å². The molecule has 3 aromatic carbocycles. The molecule has 2 amide bonds. The number of aliphatic hydroxyl groups excluding tert-OH is 1. The normalized spacial score (nSPS) is 13.4. The van der Waals surface area contributed by atoms with E-state index >= 15 is 0 Å². The summed E-state index contributed by atoms with van der Waals surface area (Å²) in [6, 6.07) is 14.7. The van der Waals surface area contributed by atoms with E-state index in [9.17, 15) is 14.7 Å². The third-order valence-electron chi connectivity index (χ3n) is 5.60. The van der Waals surface area contributed by atoms with E-state index in [0.29, 0.717) is 33.3 Å². The fourth-order valence-electron chi connectivity index (χ4n) is 4.29. The number of para-hydroxylation sites is 1. The molecular weight excluding hydrogens is 378 g/mol. The second kappa shape index (κ2) is 7.92. The Morgan fingerprint density at radius 3 is 2.33 bits per heavy atom. The Hall–Kier alpha value is -3.18. The zero-order valence-electron chi connectivity index (χ0n) is 17.4. The van der Waals surface area contributed by atoms with Gasteiger partial charge in [-0.15, -0.1) is 0 Å². The zero-order valence-corrected chi connectivity index (χ0v) is 17.4. The summed E-state index contributed by atoms with van der Waals surface area (Å²) >= 11 is 0. The second-order valence-corrected chi connectivity index (χ2v) is 7.82. The monoisotopic (exact) mass is 403 g/mol. The number of imide groups is 1. The number of ether oxygens (including phenoxy) is 1. The van der Waals surface area contributed by atoms with Gasteiger partial charge in [0.2, 0.25) is 0 Å². The lowest BCUT2D eigenvalue weighted by Gasteiger charge is -2.31. The molecule has 0 aromatic heterocycles. The Kier molecular flexibility index (Phi) is 5.31. The average Bonchev–Trinajstić information content (AvgIpc) is 2.74. The van der Waals surface area contributed by atoms with Gasteiger partial charge in [0.1, 0.15) is 5.75 Å². The molecule has 0 radical (unpaired) electrons. The number of carbonyl (C=O) groups is 2. The van der Waals surface area contributed by atoms with Crippen LogP contribution in [0.1, 0.15) is 65.0 Å². The fourth-order valence-corrected chi connectivity index (χ4v) is 4.29. The van der Waals surface area contributed by atoms with Crippen molar-refractivity contribution in [3.63, 3.8) is 0 Å². The van der Waals surface area contributed by atoms with Crippen LogP contribution in [0.15, 0.2) is 48.5 Å². The van der Waals surface area contributed by atoms with E-state index < -0.39 is 6.79 Å². The maximum Gasteiger partial charge on any atom is 0.266 e. The molecule has 3 aromatic rings. The third-order valence-corrected chi connectivity index (χ3v) is 5.60. The standard InChI is InChI=1S/C25H25NO4/c1-4-7-16-8-5-9-17(15(2)3)23(16)26-24(28)19-11-6-10-18-21(30-14-27)13-12-20(22(18)19)25(26)29/h5-6,8-13,15,27H,4,7,14H2,1-3H3. The maximum atomic E-state index is 13.6. The minimum atomic E-state index is -0.477. The highest BCUT2D eigenvalue weighted by atomic mass is 16.6. The molecule has 0 saturated carbocycles. The van der Waals surface area contributed by atoms with Crippen molar-refractivity contribution in [2.75, 3.05) is 11.7 Å². The van der Waals surface area contributed by atoms with E-state index in [-0.39, 0.29) is 17.7 Å². The van der Waals surface area contributed by atoms with E-state index in [2.05, 4.69) is 20.8 Å². The Morgan fingerprint density at radius 1 is 0.967 bits per heavy atom. The van der Waals surface area contributed by atoms with Crippen molar-refractivity contribution in [3.8, 4) is 5.75 Å². The van der Waals surface area contributed by atoms with Gasteiger partial charge in [0.05, 0.1) is 5.69 Å². The van der Waals surface area contributed by atoms with Crippen molar-refractivity contribution in [2.45, 2.75) is 39.5 Å². The number of hydrogen-bond acceptors (Lipinski definition) is 4. The molecule has 1 heterocycles. The Balaban J connectivity index is 1.97. The first-order valence-corrected chi connectivity index (χ1v) is 10.3. The minimum Gasteiger partial charge on any atom is -0.467 e. The molecule has 0 fully saturated rings. The first kappa shape index (κ1) is 20.1. The van der Waals surface area contributed by atoms with Crippen LogP contribution in [0.2, 0.25) is 0 Å². The molecule has 30 heavy (non-hydrogen) atoms. The van der Waals surface area contributed by atoms with Gasteiger partial charge in [0, 0.05) is 21.9 Å². The number of rotatable bonds is 6. The lowest BCUT2D eigenvalue weighted by molar-refractivity contribution is 0.0893. The fraction of sp³-hybridized carbons (Fsp3) is 0.280. The Morgan fingerprint density at radius 2 is 1.67 bits per heavy atom. The van der Waals surface area contributed by atoms with Crippen molar-refractivity contribution >= 4 is 28.3 Å². The molecule has 1 aliphatic heterocycles. The van der Waals surface area contributed by atoms with Crippen LogP contribution < -0.4 is 9.64 Å². The quantitative estimate of drug-likeness (QED) is 0.462. The first-order chi connectivity index (χ1) is 14.5. The van der Waals surface area contributed by atoms with E-state index in [4.69, 9.17) is 4.74 Å². The summed E-state index contributed by atoms with van der Waals surface area (Å²) in [6.07, 6.45) is 1.70. The number of amides is 2. The van der Waals surface area contributed by atoms with Gasteiger partial charge in [-0.3, -0.25) is 9.59 Å². The Labute approximate surface area is 175 Å². The summed E-state index contributed by atoms with van der Waals surface area (Å²) in [5.41, 5.74) is 3.63. The number of carbonyl (C=O) groups excluding carboxylic acids is 2. The number of anilines is 1. The summed E-state index contributed by atoms with van der Waals surface area (Å²) in [5, 5.41) is 10.4. The van der Waals surface area contributed by atoms with Gasteiger partial charge >= 0.3 is 0 Å². The molecule has 4 rings (SSSR count). The van der Waals surface area contributed by atoms with Crippen molar-refractivity contribution < 1.29 is 19.4 Å². The Bertz CT molecular complexity index is 1130. The molecule has 1 N–H and O–H groups in total. The molecule has 1 aliphatic rings. The minimum absolute atomic E-state index is 0.162. The van der Waals surface area contributed by atoms with Gasteiger partial charge < -0.3 is 9.84 Å². The van der Waals surface area contributed by atoms with Gasteiger partial charge in [0.25, 0.3) is 11.8 Å². The topological polar surface area (TPSA) is 66.8 Å². The largest absolute Gasteiger partial charge is 0.467 e. The number of nitrogens with zero attached hydrogens (tertiary/aromatic N) is 1. The highest BCUT2D eigenvalue weighted by Crippen LogP contribution is 2.40. The maximum absolute atomic E-state index is 13.6. The van der Waals surface area contributed by atoms with Crippen LogP contribution in [0.4, 0.5) is 5.69 Å². The lowest BCUT2D eigenvalue weighted by Crippen LogP contribution is -2.41. The van der Waals surface area contributed by atoms with Gasteiger partial charge in [-0.2, -0.15) is 0 Å². The van der Waals surface area contributed by atoms with Crippen molar-refractivity contribution in [2.24, 2.45) is 0 Å². The molecule has 0 unspecified atom stereocenters. The molecule has 0 aliphatic carbocycles. The predicted octanol–water partition coefficient (Wildman–Crippen LogP) is 5.04. The summed E-state index contributed by atoms with van der Waals surface area (Å²) in [6.45, 7) is 5.75. The molecule has 5 heteroatoms. The average molecular weight is 403 g/mol. The molecule has 154 valence electrons. The lowest BCUT2D eigenvalue weighted by atomic mass is 9.90. The number of hydrogen-bond donors (Lipinski definition) is 1. The molecule has 0 spiro atoms. The van der Waals surface area contributed by atoms with Crippen LogP contribution in [0, 0.1) is 0 Å². The van der Waals surface area contributed by atoms with Crippen LogP contribution in [0.3, 0.4) is 0 Å². The summed E-state index contributed by atoms with van der Waals surface area (Å²) in [7, 11) is 0. The van der Waals surface area contributed by atoms with E-state index in [0.717, 1.165) is 24.0 Å². The number of benzene rings is 3. The van der Waals surface area contributed by atoms with Gasteiger partial charge in [0.15, 0.2) is 6.79 Å². The smallest absolute Gasteiger partial charge is 0.266 e. The molecule has 0 saturated heterocycles. The molecule has 0 atom stereocenters. The van der Waals surface area contributed by atoms with Crippen LogP contribution in [-0.4, -0.2) is 23.7 Å². The number of aliphatic hydroxyl groups is 1. The van der Waals surface area contributed by atoms with Gasteiger partial charge in [-0.05, 0) is 41.7 Å². The predicted molar refractivity (Wildman–Crippen MR) is 117 cm³/mol. The second-order valence-electron chi connectivity index (χ2n) is 7.82. The van der Waals surface area contributed by atoms with Crippen LogP contribution in [-0.2, 0) is 6.42 Å². The third kappa shape index (κ3) is 3.06. The van der Waals surface area contributed by atoms with Crippen LogP contribution in [0.25, 0.3) is 10.8 Å².